The monoisotopic (exact) mass is 415 g/mol. The molecule has 9 heteroatoms. The van der Waals surface area contributed by atoms with E-state index < -0.39 is 0 Å². The Morgan fingerprint density at radius 3 is 2.50 bits per heavy atom. The maximum Gasteiger partial charge on any atom is 0.193 e. The van der Waals surface area contributed by atoms with Crippen LogP contribution in [0.2, 0.25) is 0 Å². The van der Waals surface area contributed by atoms with Crippen molar-refractivity contribution >= 4 is 5.96 Å². The summed E-state index contributed by atoms with van der Waals surface area (Å²) >= 11 is 0. The Morgan fingerprint density at radius 1 is 1.07 bits per heavy atom. The van der Waals surface area contributed by atoms with Crippen LogP contribution < -0.4 is 14.8 Å². The zero-order valence-corrected chi connectivity index (χ0v) is 18.3. The second kappa shape index (κ2) is 11.4. The zero-order chi connectivity index (χ0) is 21.2. The summed E-state index contributed by atoms with van der Waals surface area (Å²) in [4.78, 5) is 9.25. The molecule has 1 fully saturated rings. The van der Waals surface area contributed by atoms with Gasteiger partial charge in [-0.25, -0.2) is 0 Å². The molecule has 1 aliphatic rings. The number of rotatable bonds is 9. The Hall–Kier alpha value is -2.81. The molecule has 0 saturated carbocycles. The average Bonchev–Trinajstić information content (AvgIpc) is 3.30. The third-order valence-electron chi connectivity index (χ3n) is 5.36. The largest absolute Gasteiger partial charge is 0.497 e. The molecule has 0 spiro atoms. The first kappa shape index (κ1) is 21.9. The van der Waals surface area contributed by atoms with Crippen molar-refractivity contribution < 1.29 is 9.47 Å². The predicted octanol–water partition coefficient (Wildman–Crippen LogP) is 1.47. The molecule has 1 aromatic heterocycles. The molecule has 0 amide bonds. The first-order valence-electron chi connectivity index (χ1n) is 10.4. The minimum atomic E-state index is 0.851. The fourth-order valence-electron chi connectivity index (χ4n) is 3.65. The van der Waals surface area contributed by atoms with Crippen molar-refractivity contribution in [3.63, 3.8) is 0 Å². The number of ether oxygens (including phenoxy) is 2. The van der Waals surface area contributed by atoms with Crippen LogP contribution in [0, 0.1) is 0 Å². The summed E-state index contributed by atoms with van der Waals surface area (Å²) < 4.78 is 12.9. The summed E-state index contributed by atoms with van der Waals surface area (Å²) in [7, 11) is 5.26. The number of guanidine groups is 1. The Labute approximate surface area is 178 Å². The lowest BCUT2D eigenvalue weighted by Gasteiger charge is -2.36. The maximum absolute atomic E-state index is 5.52. The standard InChI is InChI=1S/C21H33N7O2/c1-22-21(23-8-4-5-9-27-16-24-25-17-27)28-12-10-26(11-13-28)15-18-14-19(29-2)6-7-20(18)30-3/h6-7,14,16-17H,4-5,8-13,15H2,1-3H3,(H,22,23). The number of hydrogen-bond acceptors (Lipinski definition) is 6. The highest BCUT2D eigenvalue weighted by atomic mass is 16.5. The molecule has 0 atom stereocenters. The summed E-state index contributed by atoms with van der Waals surface area (Å²) in [5, 5.41) is 11.2. The fraction of sp³-hybridized carbons (Fsp3) is 0.571. The van der Waals surface area contributed by atoms with E-state index in [0.717, 1.165) is 81.7 Å². The molecular formula is C21H33N7O2. The molecule has 0 radical (unpaired) electrons. The van der Waals surface area contributed by atoms with Gasteiger partial charge in [-0.3, -0.25) is 9.89 Å². The third-order valence-corrected chi connectivity index (χ3v) is 5.36. The van der Waals surface area contributed by atoms with Crippen molar-refractivity contribution in [2.45, 2.75) is 25.9 Å². The minimum absolute atomic E-state index is 0.851. The van der Waals surface area contributed by atoms with Gasteiger partial charge in [0.1, 0.15) is 24.2 Å². The van der Waals surface area contributed by atoms with Crippen LogP contribution in [0.1, 0.15) is 18.4 Å². The van der Waals surface area contributed by atoms with Crippen molar-refractivity contribution in [1.29, 1.82) is 0 Å². The predicted molar refractivity (Wildman–Crippen MR) is 117 cm³/mol. The van der Waals surface area contributed by atoms with Gasteiger partial charge in [-0.05, 0) is 31.0 Å². The lowest BCUT2D eigenvalue weighted by Crippen LogP contribution is -2.52. The molecular weight excluding hydrogens is 382 g/mol. The molecule has 1 aliphatic heterocycles. The van der Waals surface area contributed by atoms with Crippen molar-refractivity contribution in [1.82, 2.24) is 29.9 Å². The first-order chi connectivity index (χ1) is 14.7. The molecule has 0 bridgehead atoms. The summed E-state index contributed by atoms with van der Waals surface area (Å²) in [6.45, 7) is 6.57. The van der Waals surface area contributed by atoms with E-state index in [1.807, 2.05) is 23.7 Å². The SMILES string of the molecule is CN=C(NCCCCn1cnnc1)N1CCN(Cc2cc(OC)ccc2OC)CC1. The highest BCUT2D eigenvalue weighted by Crippen LogP contribution is 2.25. The van der Waals surface area contributed by atoms with Gasteiger partial charge in [0.15, 0.2) is 5.96 Å². The molecule has 0 aliphatic carbocycles. The van der Waals surface area contributed by atoms with Gasteiger partial charge in [0.2, 0.25) is 0 Å². The number of aromatic nitrogens is 3. The number of piperazine rings is 1. The molecule has 2 heterocycles. The highest BCUT2D eigenvalue weighted by molar-refractivity contribution is 5.79. The normalized spacial score (nSPS) is 15.3. The number of benzene rings is 1. The summed E-state index contributed by atoms with van der Waals surface area (Å²) in [6.07, 6.45) is 5.67. The quantitative estimate of drug-likeness (QED) is 0.377. The molecule has 1 N–H and O–H groups in total. The van der Waals surface area contributed by atoms with Crippen LogP contribution in [0.4, 0.5) is 0 Å². The summed E-state index contributed by atoms with van der Waals surface area (Å²) in [6, 6.07) is 5.97. The van der Waals surface area contributed by atoms with Crippen LogP contribution >= 0.6 is 0 Å². The minimum Gasteiger partial charge on any atom is -0.497 e. The van der Waals surface area contributed by atoms with Crippen LogP contribution in [0.15, 0.2) is 35.8 Å². The van der Waals surface area contributed by atoms with E-state index in [-0.39, 0.29) is 0 Å². The van der Waals surface area contributed by atoms with Crippen molar-refractivity contribution in [3.05, 3.63) is 36.4 Å². The van der Waals surface area contributed by atoms with E-state index in [4.69, 9.17) is 9.47 Å². The molecule has 30 heavy (non-hydrogen) atoms. The molecule has 3 rings (SSSR count). The number of methoxy groups -OCH3 is 2. The molecule has 0 unspecified atom stereocenters. The van der Waals surface area contributed by atoms with Crippen molar-refractivity contribution in [2.24, 2.45) is 4.99 Å². The summed E-state index contributed by atoms with van der Waals surface area (Å²) in [5.41, 5.74) is 1.15. The van der Waals surface area contributed by atoms with E-state index in [1.54, 1.807) is 26.9 Å². The Balaban J connectivity index is 1.41. The second-order valence-corrected chi connectivity index (χ2v) is 7.32. The number of hydrogen-bond donors (Lipinski definition) is 1. The molecule has 2 aromatic rings. The van der Waals surface area contributed by atoms with E-state index in [0.29, 0.717) is 0 Å². The number of nitrogens with zero attached hydrogens (tertiary/aromatic N) is 6. The van der Waals surface area contributed by atoms with E-state index in [2.05, 4.69) is 36.4 Å². The fourth-order valence-corrected chi connectivity index (χ4v) is 3.65. The second-order valence-electron chi connectivity index (χ2n) is 7.32. The van der Waals surface area contributed by atoms with Gasteiger partial charge in [-0.2, -0.15) is 0 Å². The maximum atomic E-state index is 5.52. The number of aryl methyl sites for hydroxylation is 1. The van der Waals surface area contributed by atoms with Crippen LogP contribution in [-0.2, 0) is 13.1 Å². The number of aliphatic imine (C=N–C) groups is 1. The summed E-state index contributed by atoms with van der Waals surface area (Å²) in [5.74, 6) is 2.75. The van der Waals surface area contributed by atoms with E-state index in [9.17, 15) is 0 Å². The smallest absolute Gasteiger partial charge is 0.193 e. The van der Waals surface area contributed by atoms with Gasteiger partial charge in [-0.15, -0.1) is 10.2 Å². The van der Waals surface area contributed by atoms with Gasteiger partial charge in [0, 0.05) is 58.4 Å². The van der Waals surface area contributed by atoms with Gasteiger partial charge < -0.3 is 24.3 Å². The van der Waals surface area contributed by atoms with Crippen LogP contribution in [-0.4, -0.2) is 84.5 Å². The van der Waals surface area contributed by atoms with E-state index in [1.165, 1.54) is 0 Å². The topological polar surface area (TPSA) is 80.0 Å². The van der Waals surface area contributed by atoms with Gasteiger partial charge in [0.25, 0.3) is 0 Å². The Morgan fingerprint density at radius 2 is 1.83 bits per heavy atom. The first-order valence-corrected chi connectivity index (χ1v) is 10.4. The Bertz CT molecular complexity index is 787. The third kappa shape index (κ3) is 6.09. The lowest BCUT2D eigenvalue weighted by atomic mass is 10.1. The molecule has 1 saturated heterocycles. The molecule has 9 nitrogen and oxygen atoms in total. The number of unbranched alkanes of at least 4 members (excludes halogenated alkanes) is 1. The average molecular weight is 416 g/mol. The van der Waals surface area contributed by atoms with Gasteiger partial charge >= 0.3 is 0 Å². The molecule has 164 valence electrons. The molecule has 1 aromatic carbocycles. The van der Waals surface area contributed by atoms with Crippen LogP contribution in [0.25, 0.3) is 0 Å². The zero-order valence-electron chi connectivity index (χ0n) is 18.3. The van der Waals surface area contributed by atoms with E-state index >= 15 is 0 Å². The highest BCUT2D eigenvalue weighted by Gasteiger charge is 2.20. The number of nitrogens with one attached hydrogen (secondary N) is 1. The lowest BCUT2D eigenvalue weighted by molar-refractivity contribution is 0.171. The van der Waals surface area contributed by atoms with Crippen LogP contribution in [0.5, 0.6) is 11.5 Å². The Kier molecular flexibility index (Phi) is 8.31. The van der Waals surface area contributed by atoms with Crippen molar-refractivity contribution in [2.75, 3.05) is 54.0 Å². The van der Waals surface area contributed by atoms with Gasteiger partial charge in [-0.1, -0.05) is 0 Å². The van der Waals surface area contributed by atoms with Crippen LogP contribution in [0.3, 0.4) is 0 Å². The van der Waals surface area contributed by atoms with Gasteiger partial charge in [0.05, 0.1) is 14.2 Å². The van der Waals surface area contributed by atoms with Crippen molar-refractivity contribution in [3.8, 4) is 11.5 Å².